The molecule has 0 radical (unpaired) electrons. The summed E-state index contributed by atoms with van der Waals surface area (Å²) in [5.41, 5.74) is 3.18. The lowest BCUT2D eigenvalue weighted by Gasteiger charge is -2.35. The van der Waals surface area contributed by atoms with Crippen LogP contribution in [-0.4, -0.2) is 27.5 Å². The van der Waals surface area contributed by atoms with Crippen LogP contribution in [0.15, 0.2) is 53.1 Å². The molecule has 1 atom stereocenters. The molecular weight excluding hydrogens is 370 g/mol. The number of piperidine rings is 1. The first-order valence-electron chi connectivity index (χ1n) is 10.1. The average molecular weight is 396 g/mol. The zero-order valence-electron chi connectivity index (χ0n) is 16.3. The number of rotatable bonds is 6. The molecule has 1 aliphatic heterocycles. The zero-order valence-corrected chi connectivity index (χ0v) is 17.0. The Labute approximate surface area is 171 Å². The van der Waals surface area contributed by atoms with Crippen LogP contribution in [0.3, 0.4) is 0 Å². The van der Waals surface area contributed by atoms with Crippen LogP contribution in [0.1, 0.15) is 42.8 Å². The maximum Gasteiger partial charge on any atom is 0.226 e. The molecule has 0 amide bonds. The Hall–Kier alpha value is -2.17. The van der Waals surface area contributed by atoms with Crippen LogP contribution < -0.4 is 0 Å². The number of hydrogen-bond acceptors (Lipinski definition) is 4. The minimum atomic E-state index is 0.575. The van der Waals surface area contributed by atoms with Crippen LogP contribution in [0.4, 0.5) is 0 Å². The monoisotopic (exact) mass is 395 g/mol. The van der Waals surface area contributed by atoms with Gasteiger partial charge in [0.15, 0.2) is 0 Å². The van der Waals surface area contributed by atoms with Crippen molar-refractivity contribution >= 4 is 11.6 Å². The van der Waals surface area contributed by atoms with Crippen molar-refractivity contribution in [2.75, 3.05) is 6.54 Å². The van der Waals surface area contributed by atoms with Crippen LogP contribution >= 0.6 is 11.6 Å². The fourth-order valence-electron chi connectivity index (χ4n) is 3.94. The number of oxazole rings is 1. The zero-order chi connectivity index (χ0) is 19.3. The third kappa shape index (κ3) is 4.62. The first-order chi connectivity index (χ1) is 13.7. The SMILES string of the molecule is Cc1oc(-c2ccc(Cl)cc2)nc1CN1CCCC[C@@H]1CCc1ccccn1. The minimum absolute atomic E-state index is 0.575. The van der Waals surface area contributed by atoms with E-state index in [-0.39, 0.29) is 0 Å². The molecule has 4 nitrogen and oxygen atoms in total. The van der Waals surface area contributed by atoms with Crippen molar-refractivity contribution in [2.24, 2.45) is 0 Å². The summed E-state index contributed by atoms with van der Waals surface area (Å²) in [6, 6.07) is 14.4. The van der Waals surface area contributed by atoms with E-state index in [4.69, 9.17) is 21.0 Å². The van der Waals surface area contributed by atoms with Crippen molar-refractivity contribution in [2.45, 2.75) is 51.6 Å². The number of hydrogen-bond donors (Lipinski definition) is 0. The summed E-state index contributed by atoms with van der Waals surface area (Å²) in [4.78, 5) is 11.8. The number of likely N-dealkylation sites (tertiary alicyclic amines) is 1. The smallest absolute Gasteiger partial charge is 0.226 e. The third-order valence-corrected chi connectivity index (χ3v) is 5.80. The molecule has 146 valence electrons. The van der Waals surface area contributed by atoms with Gasteiger partial charge in [-0.25, -0.2) is 4.98 Å². The lowest BCUT2D eigenvalue weighted by molar-refractivity contribution is 0.130. The summed E-state index contributed by atoms with van der Waals surface area (Å²) in [6.45, 7) is 3.97. The lowest BCUT2D eigenvalue weighted by Crippen LogP contribution is -2.39. The summed E-state index contributed by atoms with van der Waals surface area (Å²) in [5, 5.41) is 0.719. The van der Waals surface area contributed by atoms with E-state index in [0.29, 0.717) is 11.9 Å². The first-order valence-corrected chi connectivity index (χ1v) is 10.4. The molecule has 1 saturated heterocycles. The molecule has 0 aliphatic carbocycles. The summed E-state index contributed by atoms with van der Waals surface area (Å²) in [5.74, 6) is 1.57. The Kier molecular flexibility index (Phi) is 6.08. The van der Waals surface area contributed by atoms with Crippen LogP contribution in [0.5, 0.6) is 0 Å². The van der Waals surface area contributed by atoms with Gasteiger partial charge in [-0.1, -0.05) is 24.1 Å². The highest BCUT2D eigenvalue weighted by molar-refractivity contribution is 6.30. The Morgan fingerprint density at radius 3 is 2.79 bits per heavy atom. The maximum atomic E-state index is 5.99. The standard InChI is InChI=1S/C23H26ClN3O/c1-17-22(26-23(28-17)18-8-10-19(24)11-9-18)16-27-15-5-3-7-21(27)13-12-20-6-2-4-14-25-20/h2,4,6,8-11,14,21H,3,5,7,12-13,15-16H2,1H3/t21-/m1/s1. The second-order valence-electron chi connectivity index (χ2n) is 7.51. The molecule has 0 bridgehead atoms. The summed E-state index contributed by atoms with van der Waals surface area (Å²) in [7, 11) is 0. The van der Waals surface area contributed by atoms with Crippen molar-refractivity contribution < 1.29 is 4.42 Å². The fourth-order valence-corrected chi connectivity index (χ4v) is 4.06. The molecule has 1 fully saturated rings. The molecule has 1 aromatic carbocycles. The predicted molar refractivity (Wildman–Crippen MR) is 112 cm³/mol. The molecule has 0 unspecified atom stereocenters. The molecule has 4 rings (SSSR count). The van der Waals surface area contributed by atoms with Gasteiger partial charge in [0, 0.05) is 35.1 Å². The van der Waals surface area contributed by atoms with E-state index in [9.17, 15) is 0 Å². The predicted octanol–water partition coefficient (Wildman–Crippen LogP) is 5.69. The highest BCUT2D eigenvalue weighted by Gasteiger charge is 2.24. The largest absolute Gasteiger partial charge is 0.441 e. The summed E-state index contributed by atoms with van der Waals surface area (Å²) >= 11 is 5.99. The van der Waals surface area contributed by atoms with Gasteiger partial charge in [-0.05, 0) is 75.5 Å². The van der Waals surface area contributed by atoms with Crippen molar-refractivity contribution in [1.29, 1.82) is 0 Å². The van der Waals surface area contributed by atoms with Crippen molar-refractivity contribution in [3.63, 3.8) is 0 Å². The first kappa shape index (κ1) is 19.2. The van der Waals surface area contributed by atoms with Crippen LogP contribution in [0.25, 0.3) is 11.5 Å². The summed E-state index contributed by atoms with van der Waals surface area (Å²) in [6.07, 6.45) is 7.84. The van der Waals surface area contributed by atoms with Crippen LogP contribution in [-0.2, 0) is 13.0 Å². The third-order valence-electron chi connectivity index (χ3n) is 5.55. The number of aromatic nitrogens is 2. The van der Waals surface area contributed by atoms with E-state index in [0.717, 1.165) is 48.0 Å². The Morgan fingerprint density at radius 2 is 2.00 bits per heavy atom. The van der Waals surface area contributed by atoms with E-state index >= 15 is 0 Å². The van der Waals surface area contributed by atoms with Gasteiger partial charge < -0.3 is 4.42 Å². The van der Waals surface area contributed by atoms with E-state index in [1.54, 1.807) is 0 Å². The van der Waals surface area contributed by atoms with Gasteiger partial charge in [-0.3, -0.25) is 9.88 Å². The lowest BCUT2D eigenvalue weighted by atomic mass is 9.96. The molecule has 1 aliphatic rings. The van der Waals surface area contributed by atoms with Gasteiger partial charge in [0.2, 0.25) is 5.89 Å². The molecule has 28 heavy (non-hydrogen) atoms. The molecule has 0 N–H and O–H groups in total. The molecule has 2 aromatic heterocycles. The Morgan fingerprint density at radius 1 is 1.14 bits per heavy atom. The number of halogens is 1. The van der Waals surface area contributed by atoms with Gasteiger partial charge >= 0.3 is 0 Å². The van der Waals surface area contributed by atoms with Gasteiger partial charge in [-0.15, -0.1) is 0 Å². The topological polar surface area (TPSA) is 42.2 Å². The number of benzene rings is 1. The second-order valence-corrected chi connectivity index (χ2v) is 7.95. The van der Waals surface area contributed by atoms with Gasteiger partial charge in [0.05, 0.1) is 5.69 Å². The normalized spacial score (nSPS) is 17.7. The minimum Gasteiger partial charge on any atom is -0.441 e. The fraction of sp³-hybridized carbons (Fsp3) is 0.391. The van der Waals surface area contributed by atoms with E-state index in [1.807, 2.05) is 43.5 Å². The van der Waals surface area contributed by atoms with E-state index in [2.05, 4.69) is 22.0 Å². The quantitative estimate of drug-likeness (QED) is 0.538. The maximum absolute atomic E-state index is 5.99. The van der Waals surface area contributed by atoms with E-state index in [1.165, 1.54) is 25.0 Å². The molecule has 5 heteroatoms. The molecular formula is C23H26ClN3O. The van der Waals surface area contributed by atoms with Crippen molar-refractivity contribution in [1.82, 2.24) is 14.9 Å². The molecule has 0 spiro atoms. The van der Waals surface area contributed by atoms with Gasteiger partial charge in [-0.2, -0.15) is 0 Å². The number of nitrogens with zero attached hydrogens (tertiary/aromatic N) is 3. The van der Waals surface area contributed by atoms with Gasteiger partial charge in [0.1, 0.15) is 5.76 Å². The molecule has 3 aromatic rings. The van der Waals surface area contributed by atoms with Crippen LogP contribution in [0, 0.1) is 6.92 Å². The van der Waals surface area contributed by atoms with Crippen molar-refractivity contribution in [3.8, 4) is 11.5 Å². The van der Waals surface area contributed by atoms with Crippen LogP contribution in [0.2, 0.25) is 5.02 Å². The average Bonchev–Trinajstić information content (AvgIpc) is 3.09. The number of pyridine rings is 1. The van der Waals surface area contributed by atoms with Gasteiger partial charge in [0.25, 0.3) is 0 Å². The highest BCUT2D eigenvalue weighted by Crippen LogP contribution is 2.27. The highest BCUT2D eigenvalue weighted by atomic mass is 35.5. The summed E-state index contributed by atoms with van der Waals surface area (Å²) < 4.78 is 5.96. The van der Waals surface area contributed by atoms with E-state index < -0.39 is 0 Å². The molecule has 0 saturated carbocycles. The number of aryl methyl sites for hydroxylation is 2. The Balaban J connectivity index is 1.45. The Bertz CT molecular complexity index is 892. The molecule has 3 heterocycles. The second kappa shape index (κ2) is 8.89. The van der Waals surface area contributed by atoms with Crippen molar-refractivity contribution in [3.05, 3.63) is 70.8 Å².